The average molecular weight is 220 g/mol. The van der Waals surface area contributed by atoms with Crippen LogP contribution in [-0.4, -0.2) is 26.3 Å². The van der Waals surface area contributed by atoms with Gasteiger partial charge < -0.3 is 14.9 Å². The van der Waals surface area contributed by atoms with Crippen molar-refractivity contribution in [1.82, 2.24) is 20.4 Å². The van der Waals surface area contributed by atoms with Crippen LogP contribution in [0.15, 0.2) is 29.0 Å². The van der Waals surface area contributed by atoms with Crippen LogP contribution in [0, 0.1) is 0 Å². The zero-order valence-corrected chi connectivity index (χ0v) is 8.12. The van der Waals surface area contributed by atoms with Gasteiger partial charge in [-0.15, -0.1) is 0 Å². The van der Waals surface area contributed by atoms with Gasteiger partial charge in [0.1, 0.15) is 6.54 Å². The predicted octanol–water partition coefficient (Wildman–Crippen LogP) is 0.899. The Labute approximate surface area is 90.1 Å². The molecular weight excluding hydrogens is 212 g/mol. The van der Waals surface area contributed by atoms with E-state index in [1.807, 2.05) is 0 Å². The van der Waals surface area contributed by atoms with Gasteiger partial charge in [-0.05, 0) is 12.1 Å². The molecule has 0 bridgehead atoms. The van der Waals surface area contributed by atoms with Gasteiger partial charge in [0.2, 0.25) is 11.7 Å². The molecule has 0 aliphatic rings. The third-order valence-corrected chi connectivity index (χ3v) is 1.78. The third kappa shape index (κ3) is 2.32. The monoisotopic (exact) mass is 220 g/mol. The highest BCUT2D eigenvalue weighted by atomic mass is 16.5. The summed E-state index contributed by atoms with van der Waals surface area (Å²) in [5.74, 6) is 0.594. The van der Waals surface area contributed by atoms with Gasteiger partial charge in [-0.25, -0.2) is 4.79 Å². The summed E-state index contributed by atoms with van der Waals surface area (Å²) in [5, 5.41) is 14.2. The number of pyridine rings is 1. The Kier molecular flexibility index (Phi) is 2.77. The fraction of sp³-hybridized carbons (Fsp3) is 0.111. The number of nitrogens with zero attached hydrogens (tertiary/aromatic N) is 3. The molecule has 7 nitrogen and oxygen atoms in total. The second kappa shape index (κ2) is 4.39. The van der Waals surface area contributed by atoms with Crippen molar-refractivity contribution in [2.45, 2.75) is 6.54 Å². The van der Waals surface area contributed by atoms with Crippen LogP contribution in [-0.2, 0) is 6.54 Å². The van der Waals surface area contributed by atoms with E-state index in [0.717, 1.165) is 0 Å². The van der Waals surface area contributed by atoms with E-state index < -0.39 is 6.09 Å². The zero-order valence-electron chi connectivity index (χ0n) is 8.12. The van der Waals surface area contributed by atoms with Gasteiger partial charge >= 0.3 is 6.09 Å². The van der Waals surface area contributed by atoms with Crippen LogP contribution in [0.2, 0.25) is 0 Å². The SMILES string of the molecule is O=C(O)NCc1nc(-c2cccnc2)no1. The number of hydrogen-bond donors (Lipinski definition) is 2. The molecule has 0 aliphatic heterocycles. The van der Waals surface area contributed by atoms with Crippen LogP contribution in [0.4, 0.5) is 4.79 Å². The third-order valence-electron chi connectivity index (χ3n) is 1.78. The molecule has 0 aliphatic carbocycles. The molecule has 0 spiro atoms. The molecule has 0 fully saturated rings. The highest BCUT2D eigenvalue weighted by Crippen LogP contribution is 2.13. The van der Waals surface area contributed by atoms with Crippen LogP contribution >= 0.6 is 0 Å². The lowest BCUT2D eigenvalue weighted by atomic mass is 10.3. The molecule has 16 heavy (non-hydrogen) atoms. The molecular formula is C9H8N4O3. The molecule has 0 saturated carbocycles. The number of carbonyl (C=O) groups is 1. The number of nitrogens with one attached hydrogen (secondary N) is 1. The minimum Gasteiger partial charge on any atom is -0.465 e. The van der Waals surface area contributed by atoms with Crippen LogP contribution in [0.1, 0.15) is 5.89 Å². The average Bonchev–Trinajstić information content (AvgIpc) is 2.76. The Hall–Kier alpha value is -2.44. The van der Waals surface area contributed by atoms with E-state index in [9.17, 15) is 4.79 Å². The number of rotatable bonds is 3. The largest absolute Gasteiger partial charge is 0.465 e. The van der Waals surface area contributed by atoms with Gasteiger partial charge in [0, 0.05) is 18.0 Å². The smallest absolute Gasteiger partial charge is 0.405 e. The molecule has 2 N–H and O–H groups in total. The molecule has 1 amide bonds. The molecule has 2 heterocycles. The minimum absolute atomic E-state index is 0.0113. The number of carboxylic acid groups (broad SMARTS) is 1. The topological polar surface area (TPSA) is 101 Å². The summed E-state index contributed by atoms with van der Waals surface area (Å²) in [5.41, 5.74) is 0.716. The van der Waals surface area contributed by atoms with Gasteiger partial charge in [0.25, 0.3) is 0 Å². The van der Waals surface area contributed by atoms with E-state index >= 15 is 0 Å². The number of aromatic nitrogens is 3. The summed E-state index contributed by atoms with van der Waals surface area (Å²) < 4.78 is 4.85. The Morgan fingerprint density at radius 2 is 2.44 bits per heavy atom. The Bertz CT molecular complexity index is 483. The quantitative estimate of drug-likeness (QED) is 0.796. The second-order valence-corrected chi connectivity index (χ2v) is 2.91. The lowest BCUT2D eigenvalue weighted by Gasteiger charge is -1.92. The highest BCUT2D eigenvalue weighted by molar-refractivity contribution is 5.64. The zero-order chi connectivity index (χ0) is 11.4. The second-order valence-electron chi connectivity index (χ2n) is 2.91. The normalized spacial score (nSPS) is 10.0. The van der Waals surface area contributed by atoms with Crippen molar-refractivity contribution >= 4 is 6.09 Å². The minimum atomic E-state index is -1.14. The summed E-state index contributed by atoms with van der Waals surface area (Å²) in [6, 6.07) is 3.53. The van der Waals surface area contributed by atoms with Crippen LogP contribution in [0.25, 0.3) is 11.4 Å². The summed E-state index contributed by atoms with van der Waals surface area (Å²) in [6.07, 6.45) is 2.09. The van der Waals surface area contributed by atoms with Crippen molar-refractivity contribution in [1.29, 1.82) is 0 Å². The molecule has 0 aromatic carbocycles. The number of amides is 1. The van der Waals surface area contributed by atoms with Gasteiger partial charge in [0.05, 0.1) is 0 Å². The van der Waals surface area contributed by atoms with Crippen molar-refractivity contribution in [3.05, 3.63) is 30.4 Å². The predicted molar refractivity (Wildman–Crippen MR) is 52.4 cm³/mol. The van der Waals surface area contributed by atoms with E-state index in [2.05, 4.69) is 20.4 Å². The van der Waals surface area contributed by atoms with Gasteiger partial charge in [-0.2, -0.15) is 4.98 Å². The summed E-state index contributed by atoms with van der Waals surface area (Å²) in [4.78, 5) is 18.2. The lowest BCUT2D eigenvalue weighted by Crippen LogP contribution is -2.20. The highest BCUT2D eigenvalue weighted by Gasteiger charge is 2.08. The van der Waals surface area contributed by atoms with Crippen LogP contribution in [0.3, 0.4) is 0 Å². The summed E-state index contributed by atoms with van der Waals surface area (Å²) in [6.45, 7) is -0.0113. The summed E-state index contributed by atoms with van der Waals surface area (Å²) in [7, 11) is 0. The Morgan fingerprint density at radius 1 is 1.56 bits per heavy atom. The fourth-order valence-electron chi connectivity index (χ4n) is 1.09. The van der Waals surface area contributed by atoms with E-state index in [4.69, 9.17) is 9.63 Å². The van der Waals surface area contributed by atoms with Crippen molar-refractivity contribution in [3.8, 4) is 11.4 Å². The first-order valence-electron chi connectivity index (χ1n) is 4.45. The van der Waals surface area contributed by atoms with E-state index in [-0.39, 0.29) is 12.4 Å². The van der Waals surface area contributed by atoms with E-state index in [0.29, 0.717) is 11.4 Å². The first-order chi connectivity index (χ1) is 7.75. The van der Waals surface area contributed by atoms with Gasteiger partial charge in [0.15, 0.2) is 0 Å². The standard InChI is InChI=1S/C9H8N4O3/c14-9(15)11-5-7-12-8(13-16-7)6-2-1-3-10-4-6/h1-4,11H,5H2,(H,14,15). The lowest BCUT2D eigenvalue weighted by molar-refractivity contribution is 0.192. The van der Waals surface area contributed by atoms with Crippen molar-refractivity contribution in [3.63, 3.8) is 0 Å². The number of hydrogen-bond acceptors (Lipinski definition) is 5. The Balaban J connectivity index is 2.11. The van der Waals surface area contributed by atoms with Gasteiger partial charge in [-0.1, -0.05) is 5.16 Å². The molecule has 0 atom stereocenters. The maximum Gasteiger partial charge on any atom is 0.405 e. The maximum atomic E-state index is 10.2. The molecule has 0 saturated heterocycles. The fourth-order valence-corrected chi connectivity index (χ4v) is 1.09. The molecule has 2 aromatic rings. The van der Waals surface area contributed by atoms with Crippen LogP contribution in [0.5, 0.6) is 0 Å². The van der Waals surface area contributed by atoms with Crippen LogP contribution < -0.4 is 5.32 Å². The first kappa shape index (κ1) is 10.1. The summed E-state index contributed by atoms with van der Waals surface area (Å²) >= 11 is 0. The molecule has 0 unspecified atom stereocenters. The van der Waals surface area contributed by atoms with E-state index in [1.165, 1.54) is 0 Å². The molecule has 2 aromatic heterocycles. The first-order valence-corrected chi connectivity index (χ1v) is 4.45. The molecule has 82 valence electrons. The van der Waals surface area contributed by atoms with E-state index in [1.54, 1.807) is 24.5 Å². The molecule has 7 heteroatoms. The van der Waals surface area contributed by atoms with Crippen molar-refractivity contribution in [2.75, 3.05) is 0 Å². The molecule has 0 radical (unpaired) electrons. The van der Waals surface area contributed by atoms with Crippen molar-refractivity contribution in [2.24, 2.45) is 0 Å². The van der Waals surface area contributed by atoms with Crippen molar-refractivity contribution < 1.29 is 14.4 Å². The Morgan fingerprint density at radius 3 is 3.12 bits per heavy atom. The molecule has 2 rings (SSSR count). The van der Waals surface area contributed by atoms with Gasteiger partial charge in [-0.3, -0.25) is 4.98 Å². The maximum absolute atomic E-state index is 10.2.